The number of hydrogen-bond donors (Lipinski definition) is 2. The second kappa shape index (κ2) is 7.14. The van der Waals surface area contributed by atoms with Crippen LogP contribution in [0.4, 0.5) is 18.9 Å². The van der Waals surface area contributed by atoms with Gasteiger partial charge in [-0.3, -0.25) is 9.59 Å². The third-order valence-corrected chi connectivity index (χ3v) is 3.63. The van der Waals surface area contributed by atoms with Gasteiger partial charge in [0.15, 0.2) is 5.78 Å². The van der Waals surface area contributed by atoms with Gasteiger partial charge in [-0.05, 0) is 36.4 Å². The Hall–Kier alpha value is -2.54. The van der Waals surface area contributed by atoms with Gasteiger partial charge in [0.2, 0.25) is 5.91 Å². The molecule has 132 valence electrons. The summed E-state index contributed by atoms with van der Waals surface area (Å²) < 4.78 is 38.9. The van der Waals surface area contributed by atoms with Crippen molar-refractivity contribution in [3.8, 4) is 5.75 Å². The van der Waals surface area contributed by atoms with Crippen LogP contribution >= 0.6 is 11.6 Å². The second-order valence-corrected chi connectivity index (χ2v) is 5.59. The van der Waals surface area contributed by atoms with Crippen molar-refractivity contribution in [1.29, 1.82) is 0 Å². The molecule has 1 amide bonds. The minimum absolute atomic E-state index is 0.0794. The predicted octanol–water partition coefficient (Wildman–Crippen LogP) is 4.64. The molecule has 2 N–H and O–H groups in total. The first-order chi connectivity index (χ1) is 11.6. The molecule has 0 aliphatic carbocycles. The van der Waals surface area contributed by atoms with Gasteiger partial charge in [-0.15, -0.1) is 0 Å². The average Bonchev–Trinajstić information content (AvgIpc) is 2.55. The molecule has 0 radical (unpaired) electrons. The van der Waals surface area contributed by atoms with Gasteiger partial charge in [0.05, 0.1) is 16.8 Å². The van der Waals surface area contributed by atoms with Crippen LogP contribution in [0.15, 0.2) is 36.4 Å². The monoisotopic (exact) mass is 371 g/mol. The Morgan fingerprint density at radius 1 is 1.12 bits per heavy atom. The van der Waals surface area contributed by atoms with E-state index in [1.165, 1.54) is 6.07 Å². The van der Waals surface area contributed by atoms with Crippen molar-refractivity contribution in [2.24, 2.45) is 0 Å². The number of nitrogens with one attached hydrogen (secondary N) is 1. The first kappa shape index (κ1) is 18.8. The largest absolute Gasteiger partial charge is 0.507 e. The normalized spacial score (nSPS) is 11.2. The molecule has 0 atom stereocenters. The average molecular weight is 372 g/mol. The van der Waals surface area contributed by atoms with E-state index in [9.17, 15) is 27.9 Å². The van der Waals surface area contributed by atoms with E-state index in [0.29, 0.717) is 6.07 Å². The molecular weight excluding hydrogens is 359 g/mol. The van der Waals surface area contributed by atoms with Gasteiger partial charge in [0.25, 0.3) is 0 Å². The summed E-state index contributed by atoms with van der Waals surface area (Å²) in [6.07, 6.45) is -4.59. The van der Waals surface area contributed by atoms with E-state index < -0.39 is 34.7 Å². The molecule has 2 aromatic rings. The molecule has 4 nitrogen and oxygen atoms in total. The lowest BCUT2D eigenvalue weighted by Crippen LogP contribution is -2.15. The van der Waals surface area contributed by atoms with Gasteiger partial charge < -0.3 is 10.4 Å². The Balaban J connectivity index is 2.60. The number of amides is 1. The number of alkyl halides is 3. The summed E-state index contributed by atoms with van der Waals surface area (Å²) in [6.45, 7) is 1.56. The van der Waals surface area contributed by atoms with Crippen LogP contribution in [0.5, 0.6) is 5.75 Å². The molecule has 2 aromatic carbocycles. The van der Waals surface area contributed by atoms with Crippen molar-refractivity contribution in [3.63, 3.8) is 0 Å². The molecule has 0 spiro atoms. The number of rotatable bonds is 4. The van der Waals surface area contributed by atoms with Crippen LogP contribution < -0.4 is 5.32 Å². The summed E-state index contributed by atoms with van der Waals surface area (Å²) in [6, 6.07) is 6.04. The van der Waals surface area contributed by atoms with Gasteiger partial charge in [-0.2, -0.15) is 13.2 Å². The highest BCUT2D eigenvalue weighted by Gasteiger charge is 2.32. The number of ketones is 1. The van der Waals surface area contributed by atoms with E-state index in [2.05, 4.69) is 5.32 Å². The van der Waals surface area contributed by atoms with Crippen molar-refractivity contribution in [1.82, 2.24) is 0 Å². The van der Waals surface area contributed by atoms with E-state index in [1.54, 1.807) is 6.92 Å². The molecule has 0 saturated heterocycles. The van der Waals surface area contributed by atoms with E-state index in [4.69, 9.17) is 11.6 Å². The third-order valence-electron chi connectivity index (χ3n) is 3.39. The van der Waals surface area contributed by atoms with E-state index in [-0.39, 0.29) is 22.7 Å². The molecule has 0 unspecified atom stereocenters. The minimum Gasteiger partial charge on any atom is -0.507 e. The number of hydrogen-bond acceptors (Lipinski definition) is 3. The number of carbonyl (C=O) groups excluding carboxylic acids is 2. The summed E-state index contributed by atoms with van der Waals surface area (Å²) in [5, 5.41) is 12.3. The molecule has 0 aliphatic heterocycles. The third kappa shape index (κ3) is 4.30. The fourth-order valence-electron chi connectivity index (χ4n) is 2.09. The number of anilines is 1. The zero-order valence-corrected chi connectivity index (χ0v) is 13.7. The van der Waals surface area contributed by atoms with E-state index in [0.717, 1.165) is 24.3 Å². The molecule has 2 rings (SSSR count). The number of aromatic hydroxyl groups is 1. The van der Waals surface area contributed by atoms with Crippen molar-refractivity contribution in [2.45, 2.75) is 19.5 Å². The van der Waals surface area contributed by atoms with Crippen molar-refractivity contribution >= 4 is 29.0 Å². The zero-order chi connectivity index (χ0) is 18.8. The molecule has 0 aromatic heterocycles. The smallest absolute Gasteiger partial charge is 0.416 e. The van der Waals surface area contributed by atoms with Crippen molar-refractivity contribution in [3.05, 3.63) is 58.1 Å². The molecular formula is C17H13ClF3NO3. The summed E-state index contributed by atoms with van der Waals surface area (Å²) in [5.74, 6) is -1.79. The number of phenols is 1. The molecule has 0 aliphatic rings. The van der Waals surface area contributed by atoms with Crippen LogP contribution in [0.2, 0.25) is 5.02 Å². The quantitative estimate of drug-likeness (QED) is 0.769. The maximum Gasteiger partial charge on any atom is 0.416 e. The highest BCUT2D eigenvalue weighted by atomic mass is 35.5. The van der Waals surface area contributed by atoms with E-state index in [1.807, 2.05) is 0 Å². The van der Waals surface area contributed by atoms with Gasteiger partial charge in [0.1, 0.15) is 5.75 Å². The van der Waals surface area contributed by atoms with Crippen molar-refractivity contribution in [2.75, 3.05) is 5.32 Å². The van der Waals surface area contributed by atoms with Gasteiger partial charge in [-0.25, -0.2) is 0 Å². The van der Waals surface area contributed by atoms with Crippen LogP contribution in [-0.2, 0) is 11.0 Å². The number of carbonyl (C=O) groups is 2. The topological polar surface area (TPSA) is 66.4 Å². The summed E-state index contributed by atoms with van der Waals surface area (Å²) in [4.78, 5) is 24.2. The lowest BCUT2D eigenvalue weighted by atomic mass is 9.98. The first-order valence-corrected chi connectivity index (χ1v) is 7.55. The summed E-state index contributed by atoms with van der Waals surface area (Å²) in [5.41, 5.74) is -1.79. The summed E-state index contributed by atoms with van der Waals surface area (Å²) in [7, 11) is 0. The second-order valence-electron chi connectivity index (χ2n) is 5.15. The SMILES string of the molecule is CCC(=O)Nc1ccc(C(F)(F)F)cc1C(=O)c1cc(Cl)ccc1O. The summed E-state index contributed by atoms with van der Waals surface area (Å²) >= 11 is 5.79. The molecule has 0 bridgehead atoms. The fraction of sp³-hybridized carbons (Fsp3) is 0.176. The fourth-order valence-corrected chi connectivity index (χ4v) is 2.26. The first-order valence-electron chi connectivity index (χ1n) is 7.17. The number of benzene rings is 2. The molecule has 8 heteroatoms. The number of phenolic OH excluding ortho intramolecular Hbond substituents is 1. The van der Waals surface area contributed by atoms with Crippen LogP contribution in [0, 0.1) is 0 Å². The lowest BCUT2D eigenvalue weighted by Gasteiger charge is -2.14. The number of halogens is 4. The Bertz CT molecular complexity index is 834. The van der Waals surface area contributed by atoms with E-state index >= 15 is 0 Å². The molecule has 0 heterocycles. The lowest BCUT2D eigenvalue weighted by molar-refractivity contribution is -0.137. The molecule has 0 saturated carbocycles. The maximum absolute atomic E-state index is 13.0. The van der Waals surface area contributed by atoms with Crippen LogP contribution in [0.1, 0.15) is 34.8 Å². The Kier molecular flexibility index (Phi) is 5.37. The van der Waals surface area contributed by atoms with Crippen LogP contribution in [0.3, 0.4) is 0 Å². The minimum atomic E-state index is -4.67. The Morgan fingerprint density at radius 3 is 2.40 bits per heavy atom. The highest BCUT2D eigenvalue weighted by molar-refractivity contribution is 6.31. The van der Waals surface area contributed by atoms with Crippen LogP contribution in [0.25, 0.3) is 0 Å². The Labute approximate surface area is 146 Å². The molecule has 0 fully saturated rings. The van der Waals surface area contributed by atoms with Gasteiger partial charge in [-0.1, -0.05) is 18.5 Å². The van der Waals surface area contributed by atoms with Crippen LogP contribution in [-0.4, -0.2) is 16.8 Å². The Morgan fingerprint density at radius 2 is 1.80 bits per heavy atom. The highest BCUT2D eigenvalue weighted by Crippen LogP contribution is 2.34. The van der Waals surface area contributed by atoms with Gasteiger partial charge >= 0.3 is 6.18 Å². The predicted molar refractivity (Wildman–Crippen MR) is 86.9 cm³/mol. The van der Waals surface area contributed by atoms with Crippen molar-refractivity contribution < 1.29 is 27.9 Å². The maximum atomic E-state index is 13.0. The zero-order valence-electron chi connectivity index (χ0n) is 12.9. The standard InChI is InChI=1S/C17H13ClF3NO3/c1-2-15(24)22-13-5-3-9(17(19,20)21)7-11(13)16(25)12-8-10(18)4-6-14(12)23/h3-8,23H,2H2,1H3,(H,22,24). The van der Waals surface area contributed by atoms with Gasteiger partial charge in [0, 0.05) is 17.0 Å². The molecule has 25 heavy (non-hydrogen) atoms.